The Balaban J connectivity index is 1.49. The molecule has 0 unspecified atom stereocenters. The molecular formula is C23H16N6O2S. The van der Waals surface area contributed by atoms with E-state index in [2.05, 4.69) is 24.9 Å². The van der Waals surface area contributed by atoms with Crippen molar-refractivity contribution in [3.05, 3.63) is 91.6 Å². The van der Waals surface area contributed by atoms with E-state index in [-0.39, 0.29) is 4.90 Å². The van der Waals surface area contributed by atoms with Crippen LogP contribution in [0, 0.1) is 0 Å². The molecule has 0 radical (unpaired) electrons. The number of anilines is 1. The molecule has 0 spiro atoms. The van der Waals surface area contributed by atoms with Crippen LogP contribution in [0.4, 0.5) is 5.69 Å². The van der Waals surface area contributed by atoms with Gasteiger partial charge in [-0.15, -0.1) is 0 Å². The number of hydrogen-bond acceptors (Lipinski definition) is 7. The molecule has 2 aromatic carbocycles. The Kier molecular flexibility index (Phi) is 5.00. The number of fused-ring (bicyclic) bond motifs is 1. The maximum absolute atomic E-state index is 12.6. The zero-order chi connectivity index (χ0) is 22.0. The molecule has 0 saturated heterocycles. The van der Waals surface area contributed by atoms with Gasteiger partial charge in [0.2, 0.25) is 0 Å². The van der Waals surface area contributed by atoms with Crippen LogP contribution in [0.1, 0.15) is 0 Å². The molecule has 9 heteroatoms. The van der Waals surface area contributed by atoms with Gasteiger partial charge in [0, 0.05) is 17.3 Å². The molecule has 32 heavy (non-hydrogen) atoms. The number of aromatic nitrogens is 5. The summed E-state index contributed by atoms with van der Waals surface area (Å²) in [5.41, 5.74) is 4.91. The van der Waals surface area contributed by atoms with Gasteiger partial charge in [0.05, 0.1) is 52.1 Å². The average molecular weight is 440 g/mol. The van der Waals surface area contributed by atoms with Crippen molar-refractivity contribution in [1.29, 1.82) is 0 Å². The Labute approximate surface area is 184 Å². The van der Waals surface area contributed by atoms with E-state index in [0.717, 1.165) is 22.2 Å². The molecule has 5 rings (SSSR count). The van der Waals surface area contributed by atoms with Gasteiger partial charge in [-0.05, 0) is 42.0 Å². The highest BCUT2D eigenvalue weighted by Crippen LogP contribution is 2.26. The molecule has 0 atom stereocenters. The molecule has 8 nitrogen and oxygen atoms in total. The Morgan fingerprint density at radius 1 is 0.719 bits per heavy atom. The topological polar surface area (TPSA) is 111 Å². The molecule has 5 aromatic rings. The summed E-state index contributed by atoms with van der Waals surface area (Å²) in [6.07, 6.45) is 8.07. The van der Waals surface area contributed by atoms with E-state index in [4.69, 9.17) is 4.98 Å². The minimum Gasteiger partial charge on any atom is -0.278 e. The van der Waals surface area contributed by atoms with Crippen molar-refractivity contribution in [1.82, 2.24) is 25.1 Å². The second-order valence-corrected chi connectivity index (χ2v) is 8.65. The third kappa shape index (κ3) is 4.01. The molecule has 0 aliphatic rings. The monoisotopic (exact) mass is 440 g/mol. The van der Waals surface area contributed by atoms with E-state index >= 15 is 0 Å². The Morgan fingerprint density at radius 3 is 2.41 bits per heavy atom. The Hall–Kier alpha value is -4.24. The van der Waals surface area contributed by atoms with Crippen molar-refractivity contribution >= 4 is 26.7 Å². The second-order valence-electron chi connectivity index (χ2n) is 6.97. The van der Waals surface area contributed by atoms with E-state index in [1.165, 1.54) is 18.3 Å². The third-order valence-corrected chi connectivity index (χ3v) is 6.20. The third-order valence-electron chi connectivity index (χ3n) is 4.80. The lowest BCUT2D eigenvalue weighted by Crippen LogP contribution is -2.12. The number of rotatable bonds is 5. The van der Waals surface area contributed by atoms with Gasteiger partial charge in [-0.2, -0.15) is 10.2 Å². The van der Waals surface area contributed by atoms with Crippen LogP contribution >= 0.6 is 0 Å². The SMILES string of the molecule is O=S(=O)(Nc1cncc(-c2ccc3ncc(-c4ccnnc4)nc3c2)c1)c1ccccc1. The number of nitrogens with one attached hydrogen (secondary N) is 1. The van der Waals surface area contributed by atoms with Crippen molar-refractivity contribution < 1.29 is 8.42 Å². The van der Waals surface area contributed by atoms with E-state index in [1.54, 1.807) is 49.1 Å². The maximum atomic E-state index is 12.6. The summed E-state index contributed by atoms with van der Waals surface area (Å²) in [5, 5.41) is 7.67. The highest BCUT2D eigenvalue weighted by molar-refractivity contribution is 7.92. The van der Waals surface area contributed by atoms with Gasteiger partial charge in [0.25, 0.3) is 10.0 Å². The lowest BCUT2D eigenvalue weighted by Gasteiger charge is -2.10. The Morgan fingerprint density at radius 2 is 1.59 bits per heavy atom. The van der Waals surface area contributed by atoms with E-state index in [0.29, 0.717) is 16.9 Å². The van der Waals surface area contributed by atoms with Crippen molar-refractivity contribution in [3.63, 3.8) is 0 Å². The number of sulfonamides is 1. The highest BCUT2D eigenvalue weighted by atomic mass is 32.2. The van der Waals surface area contributed by atoms with Crippen LogP contribution in [-0.2, 0) is 10.0 Å². The van der Waals surface area contributed by atoms with Gasteiger partial charge < -0.3 is 0 Å². The first kappa shape index (κ1) is 19.7. The Bertz CT molecular complexity index is 1510. The summed E-state index contributed by atoms with van der Waals surface area (Å²) in [6.45, 7) is 0. The quantitative estimate of drug-likeness (QED) is 0.440. The summed E-state index contributed by atoms with van der Waals surface area (Å²) >= 11 is 0. The fraction of sp³-hybridized carbons (Fsp3) is 0. The minimum atomic E-state index is -3.71. The summed E-state index contributed by atoms with van der Waals surface area (Å²) in [5.74, 6) is 0. The number of nitrogens with zero attached hydrogens (tertiary/aromatic N) is 5. The molecule has 3 heterocycles. The van der Waals surface area contributed by atoms with Gasteiger partial charge in [-0.1, -0.05) is 24.3 Å². The predicted molar refractivity (Wildman–Crippen MR) is 121 cm³/mol. The zero-order valence-corrected chi connectivity index (χ0v) is 17.4. The van der Waals surface area contributed by atoms with Crippen LogP contribution in [0.25, 0.3) is 33.4 Å². The van der Waals surface area contributed by atoms with E-state index in [9.17, 15) is 8.42 Å². The van der Waals surface area contributed by atoms with Crippen LogP contribution in [0.2, 0.25) is 0 Å². The molecular weight excluding hydrogens is 424 g/mol. The molecule has 3 aromatic heterocycles. The van der Waals surface area contributed by atoms with Crippen LogP contribution in [0.15, 0.2) is 96.5 Å². The van der Waals surface area contributed by atoms with Crippen LogP contribution in [0.5, 0.6) is 0 Å². The minimum absolute atomic E-state index is 0.185. The molecule has 156 valence electrons. The number of hydrogen-bond donors (Lipinski definition) is 1. The first-order chi connectivity index (χ1) is 15.6. The number of benzene rings is 2. The lowest BCUT2D eigenvalue weighted by atomic mass is 10.1. The molecule has 0 bridgehead atoms. The first-order valence-electron chi connectivity index (χ1n) is 9.66. The first-order valence-corrected chi connectivity index (χ1v) is 11.1. The largest absolute Gasteiger partial charge is 0.278 e. The van der Waals surface area contributed by atoms with Gasteiger partial charge in [0.1, 0.15) is 0 Å². The second kappa shape index (κ2) is 8.12. The molecule has 0 saturated carbocycles. The normalized spacial score (nSPS) is 11.4. The van der Waals surface area contributed by atoms with Crippen molar-refractivity contribution in [2.75, 3.05) is 4.72 Å². The van der Waals surface area contributed by atoms with E-state index in [1.807, 2.05) is 24.3 Å². The van der Waals surface area contributed by atoms with Crippen molar-refractivity contribution in [3.8, 4) is 22.4 Å². The fourth-order valence-corrected chi connectivity index (χ4v) is 4.29. The highest BCUT2D eigenvalue weighted by Gasteiger charge is 2.14. The van der Waals surface area contributed by atoms with E-state index < -0.39 is 10.0 Å². The van der Waals surface area contributed by atoms with Crippen LogP contribution in [-0.4, -0.2) is 33.6 Å². The van der Waals surface area contributed by atoms with Crippen molar-refractivity contribution in [2.24, 2.45) is 0 Å². The average Bonchev–Trinajstić information content (AvgIpc) is 2.84. The summed E-state index contributed by atoms with van der Waals surface area (Å²) in [6, 6.07) is 17.4. The van der Waals surface area contributed by atoms with Gasteiger partial charge >= 0.3 is 0 Å². The molecule has 0 amide bonds. The van der Waals surface area contributed by atoms with Gasteiger partial charge in [0.15, 0.2) is 0 Å². The van der Waals surface area contributed by atoms with Crippen LogP contribution < -0.4 is 4.72 Å². The van der Waals surface area contributed by atoms with Gasteiger partial charge in [-0.3, -0.25) is 14.7 Å². The maximum Gasteiger partial charge on any atom is 0.261 e. The van der Waals surface area contributed by atoms with Gasteiger partial charge in [-0.25, -0.2) is 13.4 Å². The molecule has 0 aliphatic heterocycles. The molecule has 1 N–H and O–H groups in total. The molecule has 0 aliphatic carbocycles. The summed E-state index contributed by atoms with van der Waals surface area (Å²) < 4.78 is 27.8. The summed E-state index contributed by atoms with van der Waals surface area (Å²) in [4.78, 5) is 13.6. The zero-order valence-electron chi connectivity index (χ0n) is 16.6. The van der Waals surface area contributed by atoms with Crippen molar-refractivity contribution in [2.45, 2.75) is 4.90 Å². The smallest absolute Gasteiger partial charge is 0.261 e. The summed E-state index contributed by atoms with van der Waals surface area (Å²) in [7, 11) is -3.71. The standard InChI is InChI=1S/C23H16N6O2S/c30-32(31,20-4-2-1-3-5-20)29-19-10-18(12-24-14-19)16-6-7-21-22(11-16)28-23(15-25-21)17-8-9-26-27-13-17/h1-15,29H. The molecule has 0 fully saturated rings. The number of pyridine rings is 1. The fourth-order valence-electron chi connectivity index (χ4n) is 3.24. The predicted octanol–water partition coefficient (Wildman–Crippen LogP) is 3.95. The lowest BCUT2D eigenvalue weighted by molar-refractivity contribution is 0.601. The van der Waals surface area contributed by atoms with Crippen LogP contribution in [0.3, 0.4) is 0 Å².